The van der Waals surface area contributed by atoms with Crippen LogP contribution in [0.3, 0.4) is 0 Å². The van der Waals surface area contributed by atoms with Crippen molar-refractivity contribution in [3.8, 4) is 0 Å². The van der Waals surface area contributed by atoms with E-state index in [4.69, 9.17) is 23.2 Å². The van der Waals surface area contributed by atoms with Gasteiger partial charge < -0.3 is 5.32 Å². The monoisotopic (exact) mass is 555 g/mol. The Balaban J connectivity index is 1.76. The van der Waals surface area contributed by atoms with E-state index in [2.05, 4.69) is 10.0 Å². The Bertz CT molecular complexity index is 1440. The number of amides is 1. The first-order valence-corrected chi connectivity index (χ1v) is 14.3. The van der Waals surface area contributed by atoms with Gasteiger partial charge in [-0.2, -0.15) is 0 Å². The summed E-state index contributed by atoms with van der Waals surface area (Å²) in [7, 11) is -7.72. The van der Waals surface area contributed by atoms with Crippen molar-refractivity contribution < 1.29 is 21.6 Å². The molecule has 3 aromatic rings. The molecule has 3 aromatic carbocycles. The number of rotatable bonds is 8. The molecule has 0 aliphatic rings. The molecule has 2 N–H and O–H groups in total. The lowest BCUT2D eigenvalue weighted by Crippen LogP contribution is -2.45. The molecule has 0 heterocycles. The number of nitrogens with one attached hydrogen (secondary N) is 2. The number of benzene rings is 3. The van der Waals surface area contributed by atoms with E-state index in [1.54, 1.807) is 24.3 Å². The van der Waals surface area contributed by atoms with Gasteiger partial charge in [0.1, 0.15) is 6.04 Å². The van der Waals surface area contributed by atoms with E-state index in [1.165, 1.54) is 49.4 Å². The van der Waals surface area contributed by atoms with E-state index < -0.39 is 32.0 Å². The van der Waals surface area contributed by atoms with Crippen LogP contribution < -0.4 is 14.3 Å². The molecule has 186 valence electrons. The highest BCUT2D eigenvalue weighted by Gasteiger charge is 2.29. The molecule has 0 radical (unpaired) electrons. The largest absolute Gasteiger partial charge is 0.324 e. The van der Waals surface area contributed by atoms with Gasteiger partial charge in [0.05, 0.1) is 27.5 Å². The van der Waals surface area contributed by atoms with Crippen molar-refractivity contribution in [2.75, 3.05) is 20.6 Å². The first-order chi connectivity index (χ1) is 16.3. The maximum absolute atomic E-state index is 12.9. The van der Waals surface area contributed by atoms with Gasteiger partial charge in [-0.1, -0.05) is 40.9 Å². The van der Waals surface area contributed by atoms with Crippen LogP contribution in [0, 0.1) is 6.92 Å². The van der Waals surface area contributed by atoms with Crippen LogP contribution in [0.25, 0.3) is 0 Å². The van der Waals surface area contributed by atoms with Gasteiger partial charge in [-0.15, -0.1) is 0 Å². The Kier molecular flexibility index (Phi) is 8.00. The number of halogens is 2. The SMILES string of the molecule is Cc1ccc(N([C@@H](C)C(=O)Nc2ccc(S(=O)(=O)Nc3ccc(Cl)cc3Cl)cc2)S(C)(=O)=O)cc1. The third-order valence-corrected chi connectivity index (χ3v) is 8.16. The maximum Gasteiger partial charge on any atom is 0.261 e. The van der Waals surface area contributed by atoms with Crippen LogP contribution in [0.5, 0.6) is 0 Å². The molecule has 8 nitrogen and oxygen atoms in total. The number of carbonyl (C=O) groups is 1. The smallest absolute Gasteiger partial charge is 0.261 e. The summed E-state index contributed by atoms with van der Waals surface area (Å²) >= 11 is 11.9. The topological polar surface area (TPSA) is 113 Å². The van der Waals surface area contributed by atoms with Crippen molar-refractivity contribution in [3.05, 3.63) is 82.3 Å². The highest BCUT2D eigenvalue weighted by molar-refractivity contribution is 7.92. The molecule has 3 rings (SSSR count). The van der Waals surface area contributed by atoms with Crippen molar-refractivity contribution in [2.24, 2.45) is 0 Å². The molecule has 0 saturated carbocycles. The van der Waals surface area contributed by atoms with E-state index in [1.807, 2.05) is 6.92 Å². The lowest BCUT2D eigenvalue weighted by atomic mass is 10.2. The Morgan fingerprint density at radius 2 is 1.51 bits per heavy atom. The molecule has 0 saturated heterocycles. The van der Waals surface area contributed by atoms with Crippen LogP contribution in [0.4, 0.5) is 17.1 Å². The third-order valence-electron chi connectivity index (χ3n) is 4.98. The van der Waals surface area contributed by atoms with Crippen LogP contribution >= 0.6 is 23.2 Å². The van der Waals surface area contributed by atoms with Gasteiger partial charge in [0.15, 0.2) is 0 Å². The van der Waals surface area contributed by atoms with Gasteiger partial charge in [0.25, 0.3) is 10.0 Å². The van der Waals surface area contributed by atoms with Crippen LogP contribution in [0.2, 0.25) is 10.0 Å². The Morgan fingerprint density at radius 3 is 2.06 bits per heavy atom. The summed E-state index contributed by atoms with van der Waals surface area (Å²) in [5.41, 5.74) is 1.76. The summed E-state index contributed by atoms with van der Waals surface area (Å²) in [6.45, 7) is 3.34. The molecule has 0 bridgehead atoms. The summed E-state index contributed by atoms with van der Waals surface area (Å²) in [5.74, 6) is -0.585. The number of aryl methyl sites for hydroxylation is 1. The number of anilines is 3. The van der Waals surface area contributed by atoms with Gasteiger partial charge in [0, 0.05) is 10.7 Å². The molecule has 0 unspecified atom stereocenters. The van der Waals surface area contributed by atoms with Crippen molar-refractivity contribution in [3.63, 3.8) is 0 Å². The Hall–Kier alpha value is -2.79. The summed E-state index contributed by atoms with van der Waals surface area (Å²) in [4.78, 5) is 12.8. The predicted molar refractivity (Wildman–Crippen MR) is 140 cm³/mol. The predicted octanol–water partition coefficient (Wildman–Crippen LogP) is 4.90. The fourth-order valence-electron chi connectivity index (χ4n) is 3.24. The molecule has 0 spiro atoms. The molecule has 1 atom stereocenters. The average molecular weight is 556 g/mol. The summed E-state index contributed by atoms with van der Waals surface area (Å²) in [5, 5.41) is 3.13. The van der Waals surface area contributed by atoms with Gasteiger partial charge in [-0.25, -0.2) is 16.8 Å². The van der Waals surface area contributed by atoms with Gasteiger partial charge >= 0.3 is 0 Å². The van der Waals surface area contributed by atoms with Crippen molar-refractivity contribution in [1.82, 2.24) is 0 Å². The van der Waals surface area contributed by atoms with Crippen LogP contribution in [0.1, 0.15) is 12.5 Å². The first kappa shape index (κ1) is 26.8. The second-order valence-corrected chi connectivity index (χ2v) is 12.2. The van der Waals surface area contributed by atoms with E-state index in [9.17, 15) is 21.6 Å². The molecule has 35 heavy (non-hydrogen) atoms. The normalized spacial score (nSPS) is 12.6. The number of hydrogen-bond donors (Lipinski definition) is 2. The number of nitrogens with zero attached hydrogens (tertiary/aromatic N) is 1. The van der Waals surface area contributed by atoms with E-state index in [-0.39, 0.29) is 15.6 Å². The van der Waals surface area contributed by atoms with Crippen molar-refractivity contribution >= 4 is 66.2 Å². The van der Waals surface area contributed by atoms with Gasteiger partial charge in [-0.3, -0.25) is 13.8 Å². The number of sulfonamides is 2. The molecule has 0 aliphatic heterocycles. The molecule has 0 fully saturated rings. The highest BCUT2D eigenvalue weighted by Crippen LogP contribution is 2.28. The zero-order valence-electron chi connectivity index (χ0n) is 19.0. The zero-order chi connectivity index (χ0) is 26.0. The molecule has 12 heteroatoms. The summed E-state index contributed by atoms with van der Waals surface area (Å²) in [6.07, 6.45) is 1.02. The minimum Gasteiger partial charge on any atom is -0.324 e. The highest BCUT2D eigenvalue weighted by atomic mass is 35.5. The third kappa shape index (κ3) is 6.66. The second-order valence-electron chi connectivity index (χ2n) is 7.81. The molecule has 1 amide bonds. The average Bonchev–Trinajstić information content (AvgIpc) is 2.76. The van der Waals surface area contributed by atoms with Gasteiger partial charge in [0.2, 0.25) is 15.9 Å². The molecular weight excluding hydrogens is 533 g/mol. The molecule has 0 aromatic heterocycles. The Morgan fingerprint density at radius 1 is 0.914 bits per heavy atom. The first-order valence-electron chi connectivity index (χ1n) is 10.2. The fraction of sp³-hybridized carbons (Fsp3) is 0.174. The van der Waals surface area contributed by atoms with Crippen molar-refractivity contribution in [2.45, 2.75) is 24.8 Å². The van der Waals surface area contributed by atoms with E-state index >= 15 is 0 Å². The van der Waals surface area contributed by atoms with Crippen LogP contribution in [0.15, 0.2) is 71.6 Å². The van der Waals surface area contributed by atoms with Crippen LogP contribution in [-0.4, -0.2) is 35.0 Å². The van der Waals surface area contributed by atoms with Crippen LogP contribution in [-0.2, 0) is 24.8 Å². The quantitative estimate of drug-likeness (QED) is 0.410. The summed E-state index contributed by atoms with van der Waals surface area (Å²) in [6, 6.07) is 15.5. The second kappa shape index (κ2) is 10.4. The maximum atomic E-state index is 12.9. The molecular formula is C23H23Cl2N3O5S2. The fourth-order valence-corrected chi connectivity index (χ4v) is 6.01. The molecule has 0 aliphatic carbocycles. The van der Waals surface area contributed by atoms with Crippen molar-refractivity contribution in [1.29, 1.82) is 0 Å². The number of carbonyl (C=O) groups excluding carboxylic acids is 1. The van der Waals surface area contributed by atoms with E-state index in [0.29, 0.717) is 16.4 Å². The minimum absolute atomic E-state index is 0.0630. The standard InChI is InChI=1S/C23H23Cl2N3O5S2/c1-15-4-9-19(10-5-15)28(34(3,30)31)16(2)23(29)26-18-7-11-20(12-8-18)35(32,33)27-22-13-6-17(24)14-21(22)25/h4-14,16,27H,1-3H3,(H,26,29)/t16-/m0/s1. The summed E-state index contributed by atoms with van der Waals surface area (Å²) < 4.78 is 53.6. The lowest BCUT2D eigenvalue weighted by Gasteiger charge is -2.28. The number of hydrogen-bond acceptors (Lipinski definition) is 5. The zero-order valence-corrected chi connectivity index (χ0v) is 22.1. The van der Waals surface area contributed by atoms with Gasteiger partial charge in [-0.05, 0) is 68.4 Å². The lowest BCUT2D eigenvalue weighted by molar-refractivity contribution is -0.116. The minimum atomic E-state index is -3.96. The van der Waals surface area contributed by atoms with E-state index in [0.717, 1.165) is 16.1 Å². The Labute approximate surface area is 215 Å².